The molecule has 1 aliphatic heterocycles. The number of hydrogen-bond acceptors (Lipinski definition) is 4. The van der Waals surface area contributed by atoms with Crippen molar-refractivity contribution in [1.29, 1.82) is 0 Å². The van der Waals surface area contributed by atoms with Crippen LogP contribution in [0.5, 0.6) is 0 Å². The molecule has 1 saturated heterocycles. The van der Waals surface area contributed by atoms with Gasteiger partial charge in [0.2, 0.25) is 0 Å². The number of anilines is 1. The summed E-state index contributed by atoms with van der Waals surface area (Å²) in [5.74, 6) is 0. The number of nitrogens with zero attached hydrogens (tertiary/aromatic N) is 2. The number of nitrogens with one attached hydrogen (secondary N) is 1. The lowest BCUT2D eigenvalue weighted by Gasteiger charge is -2.17. The van der Waals surface area contributed by atoms with Gasteiger partial charge in [-0.25, -0.2) is 0 Å². The van der Waals surface area contributed by atoms with E-state index in [1.807, 2.05) is 7.05 Å². The van der Waals surface area contributed by atoms with E-state index < -0.39 is 0 Å². The minimum Gasteiger partial charge on any atom is -0.388 e. The third kappa shape index (κ3) is 2.74. The van der Waals surface area contributed by atoms with Crippen molar-refractivity contribution >= 4 is 11.4 Å². The third-order valence-corrected chi connectivity index (χ3v) is 3.16. The molecule has 92 valence electrons. The SMILES string of the molecule is CNc1ccc([N+](=O)[O-])cc1CN1CCCC1. The molecule has 0 aliphatic carbocycles. The smallest absolute Gasteiger partial charge is 0.269 e. The third-order valence-electron chi connectivity index (χ3n) is 3.16. The van der Waals surface area contributed by atoms with Crippen LogP contribution in [0.15, 0.2) is 18.2 Å². The minimum atomic E-state index is -0.340. The molecule has 0 bridgehead atoms. The van der Waals surface area contributed by atoms with Gasteiger partial charge in [-0.3, -0.25) is 15.0 Å². The second kappa shape index (κ2) is 5.14. The van der Waals surface area contributed by atoms with Gasteiger partial charge in [0.25, 0.3) is 5.69 Å². The predicted molar refractivity (Wildman–Crippen MR) is 67.2 cm³/mol. The summed E-state index contributed by atoms with van der Waals surface area (Å²) in [5, 5.41) is 13.8. The van der Waals surface area contributed by atoms with Crippen molar-refractivity contribution in [3.8, 4) is 0 Å². The van der Waals surface area contributed by atoms with Gasteiger partial charge in [-0.15, -0.1) is 0 Å². The topological polar surface area (TPSA) is 58.4 Å². The van der Waals surface area contributed by atoms with E-state index >= 15 is 0 Å². The minimum absolute atomic E-state index is 0.165. The lowest BCUT2D eigenvalue weighted by Crippen LogP contribution is -2.19. The lowest BCUT2D eigenvalue weighted by molar-refractivity contribution is -0.384. The first-order valence-electron chi connectivity index (χ1n) is 5.88. The molecule has 5 heteroatoms. The molecule has 0 saturated carbocycles. The van der Waals surface area contributed by atoms with Crippen LogP contribution in [0.1, 0.15) is 18.4 Å². The lowest BCUT2D eigenvalue weighted by atomic mass is 10.1. The van der Waals surface area contributed by atoms with Gasteiger partial charge in [-0.1, -0.05) is 0 Å². The van der Waals surface area contributed by atoms with Crippen molar-refractivity contribution in [1.82, 2.24) is 4.90 Å². The molecule has 2 rings (SSSR count). The fourth-order valence-corrected chi connectivity index (χ4v) is 2.25. The molecule has 5 nitrogen and oxygen atoms in total. The summed E-state index contributed by atoms with van der Waals surface area (Å²) in [6, 6.07) is 4.99. The molecule has 1 aromatic carbocycles. The van der Waals surface area contributed by atoms with Crippen LogP contribution >= 0.6 is 0 Å². The number of rotatable bonds is 4. The molecular weight excluding hydrogens is 218 g/mol. The highest BCUT2D eigenvalue weighted by Crippen LogP contribution is 2.24. The average molecular weight is 235 g/mol. The van der Waals surface area contributed by atoms with Crippen molar-refractivity contribution in [3.63, 3.8) is 0 Å². The molecule has 1 fully saturated rings. The van der Waals surface area contributed by atoms with Gasteiger partial charge in [-0.05, 0) is 37.6 Å². The van der Waals surface area contributed by atoms with E-state index in [4.69, 9.17) is 0 Å². The monoisotopic (exact) mass is 235 g/mol. The number of non-ortho nitro benzene ring substituents is 1. The van der Waals surface area contributed by atoms with Crippen LogP contribution in [0.25, 0.3) is 0 Å². The highest BCUT2D eigenvalue weighted by Gasteiger charge is 2.16. The van der Waals surface area contributed by atoms with Crippen molar-refractivity contribution in [2.45, 2.75) is 19.4 Å². The molecule has 0 radical (unpaired) electrons. The van der Waals surface area contributed by atoms with Crippen LogP contribution in [-0.2, 0) is 6.54 Å². The van der Waals surface area contributed by atoms with E-state index in [-0.39, 0.29) is 10.6 Å². The maximum Gasteiger partial charge on any atom is 0.269 e. The van der Waals surface area contributed by atoms with Crippen LogP contribution in [0.3, 0.4) is 0 Å². The molecule has 1 N–H and O–H groups in total. The first kappa shape index (κ1) is 11.9. The highest BCUT2D eigenvalue weighted by atomic mass is 16.6. The van der Waals surface area contributed by atoms with Crippen molar-refractivity contribution in [2.75, 3.05) is 25.5 Å². The molecular formula is C12H17N3O2. The van der Waals surface area contributed by atoms with Crippen LogP contribution in [0.2, 0.25) is 0 Å². The molecule has 0 unspecified atom stereocenters. The first-order chi connectivity index (χ1) is 8.20. The number of nitro groups is 1. The van der Waals surface area contributed by atoms with Gasteiger partial charge in [0.15, 0.2) is 0 Å². The van der Waals surface area contributed by atoms with E-state index in [1.165, 1.54) is 12.8 Å². The Morgan fingerprint density at radius 3 is 2.71 bits per heavy atom. The van der Waals surface area contributed by atoms with E-state index in [2.05, 4.69) is 10.2 Å². The van der Waals surface area contributed by atoms with Crippen molar-refractivity contribution < 1.29 is 4.92 Å². The van der Waals surface area contributed by atoms with Crippen LogP contribution in [-0.4, -0.2) is 30.0 Å². The first-order valence-corrected chi connectivity index (χ1v) is 5.88. The maximum atomic E-state index is 10.8. The second-order valence-corrected chi connectivity index (χ2v) is 4.33. The Kier molecular flexibility index (Phi) is 3.58. The molecule has 0 amide bonds. The Bertz CT molecular complexity index is 414. The normalized spacial score (nSPS) is 16.1. The van der Waals surface area contributed by atoms with Gasteiger partial charge in [0.05, 0.1) is 4.92 Å². The van der Waals surface area contributed by atoms with Crippen molar-refractivity contribution in [2.24, 2.45) is 0 Å². The van der Waals surface area contributed by atoms with Gasteiger partial charge >= 0.3 is 0 Å². The summed E-state index contributed by atoms with van der Waals surface area (Å²) in [6.45, 7) is 2.97. The fraction of sp³-hybridized carbons (Fsp3) is 0.500. The van der Waals surface area contributed by atoms with E-state index in [9.17, 15) is 10.1 Å². The molecule has 0 atom stereocenters. The summed E-state index contributed by atoms with van der Waals surface area (Å²) in [6.07, 6.45) is 2.45. The zero-order valence-electron chi connectivity index (χ0n) is 9.98. The standard InChI is InChI=1S/C12H17N3O2/c1-13-12-5-4-11(15(16)17)8-10(12)9-14-6-2-3-7-14/h4-5,8,13H,2-3,6-7,9H2,1H3. The van der Waals surface area contributed by atoms with Crippen LogP contribution in [0, 0.1) is 10.1 Å². The van der Waals surface area contributed by atoms with E-state index in [1.54, 1.807) is 18.2 Å². The zero-order valence-corrected chi connectivity index (χ0v) is 9.98. The summed E-state index contributed by atoms with van der Waals surface area (Å²) in [5.41, 5.74) is 2.14. The van der Waals surface area contributed by atoms with Gasteiger partial charge in [-0.2, -0.15) is 0 Å². The van der Waals surface area contributed by atoms with E-state index in [0.29, 0.717) is 0 Å². The Morgan fingerprint density at radius 2 is 2.12 bits per heavy atom. The average Bonchev–Trinajstić information content (AvgIpc) is 2.81. The number of likely N-dealkylation sites (tertiary alicyclic amines) is 1. The number of nitro benzene ring substituents is 1. The molecule has 1 heterocycles. The molecule has 0 spiro atoms. The van der Waals surface area contributed by atoms with Crippen LogP contribution in [0.4, 0.5) is 11.4 Å². The molecule has 1 aliphatic rings. The Labute approximate surface area is 101 Å². The van der Waals surface area contributed by atoms with Crippen LogP contribution < -0.4 is 5.32 Å². The molecule has 17 heavy (non-hydrogen) atoms. The summed E-state index contributed by atoms with van der Waals surface area (Å²) >= 11 is 0. The Morgan fingerprint density at radius 1 is 1.41 bits per heavy atom. The van der Waals surface area contributed by atoms with Gasteiger partial charge in [0.1, 0.15) is 0 Å². The Hall–Kier alpha value is -1.62. The summed E-state index contributed by atoms with van der Waals surface area (Å²) in [7, 11) is 1.84. The number of benzene rings is 1. The summed E-state index contributed by atoms with van der Waals surface area (Å²) in [4.78, 5) is 12.8. The zero-order chi connectivity index (χ0) is 12.3. The summed E-state index contributed by atoms with van der Waals surface area (Å²) < 4.78 is 0. The highest BCUT2D eigenvalue weighted by molar-refractivity contribution is 5.55. The quantitative estimate of drug-likeness (QED) is 0.642. The maximum absolute atomic E-state index is 10.8. The molecule has 0 aromatic heterocycles. The fourth-order valence-electron chi connectivity index (χ4n) is 2.25. The largest absolute Gasteiger partial charge is 0.388 e. The predicted octanol–water partition coefficient (Wildman–Crippen LogP) is 2.23. The van der Waals surface area contributed by atoms with Gasteiger partial charge in [0, 0.05) is 31.4 Å². The second-order valence-electron chi connectivity index (χ2n) is 4.33. The van der Waals surface area contributed by atoms with E-state index in [0.717, 1.165) is 30.9 Å². The number of hydrogen-bond donors (Lipinski definition) is 1. The van der Waals surface area contributed by atoms with Gasteiger partial charge < -0.3 is 5.32 Å². The Balaban J connectivity index is 2.21. The van der Waals surface area contributed by atoms with Crippen molar-refractivity contribution in [3.05, 3.63) is 33.9 Å². The molecule has 1 aromatic rings.